The molecule has 3 aromatic rings. The molecule has 0 bridgehead atoms. The third-order valence-corrected chi connectivity index (χ3v) is 4.17. The van der Waals surface area contributed by atoms with E-state index in [0.29, 0.717) is 19.4 Å². The Morgan fingerprint density at radius 2 is 1.83 bits per heavy atom. The highest BCUT2D eigenvalue weighted by molar-refractivity contribution is 5.83. The molecule has 0 saturated heterocycles. The van der Waals surface area contributed by atoms with E-state index in [1.165, 1.54) is 23.1 Å². The number of aryl methyl sites for hydroxylation is 1. The Morgan fingerprint density at radius 1 is 1.04 bits per heavy atom. The smallest absolute Gasteiger partial charge is 0.220 e. The lowest BCUT2D eigenvalue weighted by molar-refractivity contribution is -0.121. The quantitative estimate of drug-likeness (QED) is 0.678. The van der Waals surface area contributed by atoms with Crippen LogP contribution in [-0.4, -0.2) is 17.4 Å². The van der Waals surface area contributed by atoms with Crippen LogP contribution in [0.2, 0.25) is 0 Å². The van der Waals surface area contributed by atoms with Gasteiger partial charge in [-0.05, 0) is 48.6 Å². The molecular formula is C20H21FN2O. The second-order valence-corrected chi connectivity index (χ2v) is 5.94. The van der Waals surface area contributed by atoms with Gasteiger partial charge >= 0.3 is 0 Å². The summed E-state index contributed by atoms with van der Waals surface area (Å²) in [4.78, 5) is 15.2. The summed E-state index contributed by atoms with van der Waals surface area (Å²) in [6.07, 6.45) is 4.97. The first-order valence-electron chi connectivity index (χ1n) is 8.28. The van der Waals surface area contributed by atoms with Crippen molar-refractivity contribution < 1.29 is 9.18 Å². The van der Waals surface area contributed by atoms with E-state index in [0.717, 1.165) is 23.9 Å². The van der Waals surface area contributed by atoms with E-state index in [2.05, 4.69) is 22.4 Å². The number of hydrogen-bond acceptors (Lipinski definition) is 1. The molecule has 0 unspecified atom stereocenters. The van der Waals surface area contributed by atoms with Crippen LogP contribution in [0.15, 0.2) is 54.7 Å². The number of carbonyl (C=O) groups is 1. The highest BCUT2D eigenvalue weighted by Gasteiger charge is 2.05. The fourth-order valence-electron chi connectivity index (χ4n) is 2.86. The first kappa shape index (κ1) is 16.2. The summed E-state index contributed by atoms with van der Waals surface area (Å²) in [5, 5.41) is 4.15. The van der Waals surface area contributed by atoms with Crippen molar-refractivity contribution in [3.63, 3.8) is 0 Å². The van der Waals surface area contributed by atoms with Crippen molar-refractivity contribution in [2.24, 2.45) is 0 Å². The van der Waals surface area contributed by atoms with Crippen LogP contribution in [-0.2, 0) is 17.6 Å². The van der Waals surface area contributed by atoms with Gasteiger partial charge in [-0.3, -0.25) is 4.79 Å². The minimum atomic E-state index is -0.236. The molecule has 0 aliphatic carbocycles. The molecule has 0 aliphatic heterocycles. The van der Waals surface area contributed by atoms with E-state index in [-0.39, 0.29) is 11.7 Å². The van der Waals surface area contributed by atoms with Crippen LogP contribution in [0.1, 0.15) is 24.0 Å². The number of benzene rings is 2. The maximum absolute atomic E-state index is 12.8. The van der Waals surface area contributed by atoms with Crippen LogP contribution in [0, 0.1) is 5.82 Å². The van der Waals surface area contributed by atoms with Gasteiger partial charge in [0.2, 0.25) is 5.91 Å². The predicted molar refractivity (Wildman–Crippen MR) is 94.4 cm³/mol. The monoisotopic (exact) mass is 324 g/mol. The molecule has 0 radical (unpaired) electrons. The van der Waals surface area contributed by atoms with Gasteiger partial charge in [0.1, 0.15) is 5.82 Å². The molecule has 1 aromatic heterocycles. The van der Waals surface area contributed by atoms with Crippen molar-refractivity contribution in [3.8, 4) is 0 Å². The highest BCUT2D eigenvalue weighted by Crippen LogP contribution is 2.19. The summed E-state index contributed by atoms with van der Waals surface area (Å²) in [6.45, 7) is 0.581. The Morgan fingerprint density at radius 3 is 2.67 bits per heavy atom. The molecular weight excluding hydrogens is 303 g/mol. The second kappa shape index (κ2) is 7.77. The number of H-pyrrole nitrogens is 1. The molecule has 3 rings (SSSR count). The van der Waals surface area contributed by atoms with Gasteiger partial charge in [-0.1, -0.05) is 30.3 Å². The molecule has 1 heterocycles. The summed E-state index contributed by atoms with van der Waals surface area (Å²) in [5.74, 6) is -0.169. The molecule has 3 nitrogen and oxygen atoms in total. The number of rotatable bonds is 7. The second-order valence-electron chi connectivity index (χ2n) is 5.94. The number of nitrogens with one attached hydrogen (secondary N) is 2. The molecule has 0 saturated carbocycles. The Bertz CT molecular complexity index is 808. The Balaban J connectivity index is 1.39. The minimum absolute atomic E-state index is 0.0666. The maximum atomic E-state index is 12.8. The largest absolute Gasteiger partial charge is 0.361 e. The van der Waals surface area contributed by atoms with Gasteiger partial charge in [-0.15, -0.1) is 0 Å². The lowest BCUT2D eigenvalue weighted by Gasteiger charge is -2.05. The average Bonchev–Trinajstić information content (AvgIpc) is 3.00. The molecule has 1 amide bonds. The number of carbonyl (C=O) groups excluding carboxylic acids is 1. The first-order chi connectivity index (χ1) is 11.7. The van der Waals surface area contributed by atoms with Gasteiger partial charge < -0.3 is 10.3 Å². The summed E-state index contributed by atoms with van der Waals surface area (Å²) in [5.41, 5.74) is 3.41. The number of amides is 1. The maximum Gasteiger partial charge on any atom is 0.220 e. The van der Waals surface area contributed by atoms with E-state index in [4.69, 9.17) is 0 Å². The van der Waals surface area contributed by atoms with Crippen molar-refractivity contribution in [3.05, 3.63) is 71.7 Å². The molecule has 0 aliphatic rings. The van der Waals surface area contributed by atoms with Gasteiger partial charge in [-0.25, -0.2) is 4.39 Å². The zero-order valence-electron chi connectivity index (χ0n) is 13.5. The number of hydrogen-bond donors (Lipinski definition) is 2. The molecule has 24 heavy (non-hydrogen) atoms. The van der Waals surface area contributed by atoms with Crippen molar-refractivity contribution in [2.45, 2.75) is 25.7 Å². The Hall–Kier alpha value is -2.62. The summed E-state index contributed by atoms with van der Waals surface area (Å²) in [6, 6.07) is 14.6. The van der Waals surface area contributed by atoms with Crippen LogP contribution in [0.25, 0.3) is 10.9 Å². The van der Waals surface area contributed by atoms with E-state index in [9.17, 15) is 9.18 Å². The van der Waals surface area contributed by atoms with Crippen LogP contribution >= 0.6 is 0 Å². The third kappa shape index (κ3) is 4.22. The van der Waals surface area contributed by atoms with Gasteiger partial charge in [0.25, 0.3) is 0 Å². The van der Waals surface area contributed by atoms with Gasteiger partial charge in [0.15, 0.2) is 0 Å². The number of aromatic nitrogens is 1. The Labute approximate surface area is 140 Å². The van der Waals surface area contributed by atoms with Crippen molar-refractivity contribution >= 4 is 16.8 Å². The number of para-hydroxylation sites is 1. The Kier molecular flexibility index (Phi) is 5.26. The normalized spacial score (nSPS) is 10.9. The zero-order chi connectivity index (χ0) is 16.8. The van der Waals surface area contributed by atoms with Crippen molar-refractivity contribution in [2.75, 3.05) is 6.54 Å². The molecule has 0 spiro atoms. The lowest BCUT2D eigenvalue weighted by Crippen LogP contribution is -2.25. The van der Waals surface area contributed by atoms with Crippen LogP contribution in [0.5, 0.6) is 0 Å². The standard InChI is InChI=1S/C20H21FN2O/c21-17-10-8-15(9-11-17)12-13-22-20(24)7-3-4-16-14-23-19-6-2-1-5-18(16)19/h1-2,5-6,8-11,14,23H,3-4,7,12-13H2,(H,22,24). The highest BCUT2D eigenvalue weighted by atomic mass is 19.1. The van der Waals surface area contributed by atoms with Crippen molar-refractivity contribution in [1.82, 2.24) is 10.3 Å². The van der Waals surface area contributed by atoms with Gasteiger partial charge in [0, 0.05) is 30.1 Å². The third-order valence-electron chi connectivity index (χ3n) is 4.17. The summed E-state index contributed by atoms with van der Waals surface area (Å²) >= 11 is 0. The predicted octanol–water partition coefficient (Wildman–Crippen LogP) is 3.99. The average molecular weight is 324 g/mol. The van der Waals surface area contributed by atoms with Crippen LogP contribution < -0.4 is 5.32 Å². The lowest BCUT2D eigenvalue weighted by atomic mass is 10.1. The number of halogens is 1. The SMILES string of the molecule is O=C(CCCc1c[nH]c2ccccc12)NCCc1ccc(F)cc1. The van der Waals surface area contributed by atoms with Crippen LogP contribution in [0.3, 0.4) is 0 Å². The molecule has 2 aromatic carbocycles. The molecule has 124 valence electrons. The summed E-state index contributed by atoms with van der Waals surface area (Å²) < 4.78 is 12.8. The molecule has 0 atom stereocenters. The first-order valence-corrected chi connectivity index (χ1v) is 8.28. The van der Waals surface area contributed by atoms with E-state index < -0.39 is 0 Å². The molecule has 4 heteroatoms. The minimum Gasteiger partial charge on any atom is -0.361 e. The number of fused-ring (bicyclic) bond motifs is 1. The fourth-order valence-corrected chi connectivity index (χ4v) is 2.86. The molecule has 2 N–H and O–H groups in total. The van der Waals surface area contributed by atoms with Gasteiger partial charge in [-0.2, -0.15) is 0 Å². The summed E-state index contributed by atoms with van der Waals surface area (Å²) in [7, 11) is 0. The number of aromatic amines is 1. The van der Waals surface area contributed by atoms with E-state index >= 15 is 0 Å². The zero-order valence-corrected chi connectivity index (χ0v) is 13.5. The van der Waals surface area contributed by atoms with Gasteiger partial charge in [0.05, 0.1) is 0 Å². The topological polar surface area (TPSA) is 44.9 Å². The van der Waals surface area contributed by atoms with E-state index in [1.807, 2.05) is 18.3 Å². The van der Waals surface area contributed by atoms with E-state index in [1.54, 1.807) is 12.1 Å². The van der Waals surface area contributed by atoms with Crippen LogP contribution in [0.4, 0.5) is 4.39 Å². The fraction of sp³-hybridized carbons (Fsp3) is 0.250. The van der Waals surface area contributed by atoms with Crippen molar-refractivity contribution in [1.29, 1.82) is 0 Å². The molecule has 0 fully saturated rings.